The predicted octanol–water partition coefficient (Wildman–Crippen LogP) is 1.25. The zero-order chi connectivity index (χ0) is 11.4. The third kappa shape index (κ3) is 2.18. The van der Waals surface area contributed by atoms with Gasteiger partial charge in [-0.25, -0.2) is 8.78 Å². The van der Waals surface area contributed by atoms with Gasteiger partial charge in [0.25, 0.3) is 6.43 Å². The summed E-state index contributed by atoms with van der Waals surface area (Å²) in [4.78, 5) is 13.4. The van der Waals surface area contributed by atoms with Crippen LogP contribution in [0.4, 0.5) is 8.78 Å². The molecule has 0 unspecified atom stereocenters. The zero-order valence-corrected chi connectivity index (χ0v) is 7.42. The number of aromatic nitrogens is 1. The number of nitrogens with one attached hydrogen (secondary N) is 1. The Hall–Kier alpha value is -2.21. The van der Waals surface area contributed by atoms with E-state index >= 15 is 0 Å². The molecular formula is C9H5F2N3O. The van der Waals surface area contributed by atoms with Gasteiger partial charge in [-0.3, -0.25) is 4.79 Å². The zero-order valence-electron chi connectivity index (χ0n) is 7.42. The lowest BCUT2D eigenvalue weighted by Crippen LogP contribution is -2.14. The molecular weight excluding hydrogens is 204 g/mol. The summed E-state index contributed by atoms with van der Waals surface area (Å²) in [7, 11) is 0. The Bertz CT molecular complexity index is 508. The molecule has 0 aliphatic heterocycles. The molecule has 6 heteroatoms. The van der Waals surface area contributed by atoms with Crippen LogP contribution in [-0.2, 0) is 6.42 Å². The molecule has 0 radical (unpaired) electrons. The van der Waals surface area contributed by atoms with E-state index in [1.165, 1.54) is 0 Å². The third-order valence-corrected chi connectivity index (χ3v) is 1.76. The maximum Gasteiger partial charge on any atom is 0.278 e. The summed E-state index contributed by atoms with van der Waals surface area (Å²) in [5, 5.41) is 17.0. The summed E-state index contributed by atoms with van der Waals surface area (Å²) < 4.78 is 24.5. The number of halogens is 2. The Labute approximate surface area is 83.4 Å². The second-order valence-electron chi connectivity index (χ2n) is 2.69. The fraction of sp³-hybridized carbons (Fsp3) is 0.222. The minimum Gasteiger partial charge on any atom is -0.345 e. The molecule has 1 aromatic heterocycles. The summed E-state index contributed by atoms with van der Waals surface area (Å²) in [6, 6.07) is 3.97. The first-order chi connectivity index (χ1) is 7.10. The number of nitrogens with zero attached hydrogens (tertiary/aromatic N) is 2. The first-order valence-electron chi connectivity index (χ1n) is 3.91. The van der Waals surface area contributed by atoms with Gasteiger partial charge in [0, 0.05) is 11.6 Å². The molecule has 0 amide bonds. The van der Waals surface area contributed by atoms with Gasteiger partial charge >= 0.3 is 0 Å². The fourth-order valence-electron chi connectivity index (χ4n) is 1.07. The molecule has 1 heterocycles. The largest absolute Gasteiger partial charge is 0.345 e. The molecule has 1 N–H and O–H groups in total. The van der Waals surface area contributed by atoms with E-state index in [9.17, 15) is 13.6 Å². The van der Waals surface area contributed by atoms with E-state index in [0.717, 1.165) is 0 Å². The van der Waals surface area contributed by atoms with Gasteiger partial charge < -0.3 is 4.98 Å². The van der Waals surface area contributed by atoms with Crippen LogP contribution in [0.5, 0.6) is 0 Å². The molecule has 4 nitrogen and oxygen atoms in total. The Balaban J connectivity index is 3.41. The normalized spacial score (nSPS) is 9.67. The van der Waals surface area contributed by atoms with Crippen LogP contribution < -0.4 is 5.43 Å². The highest BCUT2D eigenvalue weighted by molar-refractivity contribution is 5.34. The van der Waals surface area contributed by atoms with Crippen LogP contribution >= 0.6 is 0 Å². The van der Waals surface area contributed by atoms with Crippen molar-refractivity contribution in [1.29, 1.82) is 10.5 Å². The molecule has 0 aliphatic rings. The molecule has 0 bridgehead atoms. The number of rotatable bonds is 2. The molecule has 0 aromatic carbocycles. The molecule has 1 aromatic rings. The molecule has 0 fully saturated rings. The van der Waals surface area contributed by atoms with E-state index in [0.29, 0.717) is 6.07 Å². The van der Waals surface area contributed by atoms with E-state index in [1.807, 2.05) is 0 Å². The third-order valence-electron chi connectivity index (χ3n) is 1.76. The van der Waals surface area contributed by atoms with Crippen LogP contribution in [0.2, 0.25) is 0 Å². The first-order valence-corrected chi connectivity index (χ1v) is 3.91. The maximum absolute atomic E-state index is 12.2. The van der Waals surface area contributed by atoms with E-state index in [4.69, 9.17) is 10.5 Å². The van der Waals surface area contributed by atoms with Crippen molar-refractivity contribution in [2.45, 2.75) is 12.8 Å². The van der Waals surface area contributed by atoms with Gasteiger partial charge in [0.05, 0.1) is 18.2 Å². The quantitative estimate of drug-likeness (QED) is 0.795. The monoisotopic (exact) mass is 209 g/mol. The molecule has 1 rings (SSSR count). The molecule has 0 saturated carbocycles. The van der Waals surface area contributed by atoms with E-state index in [1.54, 1.807) is 12.1 Å². The number of aromatic amines is 1. The highest BCUT2D eigenvalue weighted by Crippen LogP contribution is 2.15. The lowest BCUT2D eigenvalue weighted by Gasteiger charge is -2.03. The number of nitriles is 2. The molecule has 0 aliphatic carbocycles. The summed E-state index contributed by atoms with van der Waals surface area (Å²) in [5.74, 6) is 0. The molecule has 0 saturated heterocycles. The second kappa shape index (κ2) is 4.34. The van der Waals surface area contributed by atoms with Crippen LogP contribution in [0.25, 0.3) is 0 Å². The molecule has 0 atom stereocenters. The van der Waals surface area contributed by atoms with Gasteiger partial charge in [-0.2, -0.15) is 10.5 Å². The Kier molecular flexibility index (Phi) is 3.14. The summed E-state index contributed by atoms with van der Waals surface area (Å²) in [5.41, 5.74) is -1.69. The van der Waals surface area contributed by atoms with Crippen LogP contribution in [-0.4, -0.2) is 4.98 Å². The van der Waals surface area contributed by atoms with E-state index in [2.05, 4.69) is 4.98 Å². The van der Waals surface area contributed by atoms with Gasteiger partial charge in [-0.1, -0.05) is 0 Å². The lowest BCUT2D eigenvalue weighted by atomic mass is 10.1. The van der Waals surface area contributed by atoms with Crippen molar-refractivity contribution in [1.82, 2.24) is 4.98 Å². The van der Waals surface area contributed by atoms with E-state index in [-0.39, 0.29) is 17.7 Å². The predicted molar refractivity (Wildman–Crippen MR) is 46.1 cm³/mol. The van der Waals surface area contributed by atoms with Gasteiger partial charge in [-0.05, 0) is 0 Å². The fourth-order valence-corrected chi connectivity index (χ4v) is 1.07. The van der Waals surface area contributed by atoms with Crippen LogP contribution in [0.1, 0.15) is 23.4 Å². The number of pyridine rings is 1. The molecule has 76 valence electrons. The van der Waals surface area contributed by atoms with Gasteiger partial charge in [0.2, 0.25) is 0 Å². The van der Waals surface area contributed by atoms with Crippen LogP contribution in [0, 0.1) is 22.7 Å². The summed E-state index contributed by atoms with van der Waals surface area (Å²) in [6.07, 6.45) is -3.12. The Morgan fingerprint density at radius 3 is 2.60 bits per heavy atom. The number of hydrogen-bond donors (Lipinski definition) is 1. The van der Waals surface area contributed by atoms with E-state index < -0.39 is 17.5 Å². The standard InChI is InChI=1S/C9H5F2N3O/c10-9(11)6-3-8(15)5(1-2-12)7(4-13)14-6/h3,9H,1H2,(H,14,15). The highest BCUT2D eigenvalue weighted by Gasteiger charge is 2.14. The number of H-pyrrole nitrogens is 1. The average molecular weight is 209 g/mol. The van der Waals surface area contributed by atoms with Crippen LogP contribution in [0.3, 0.4) is 0 Å². The van der Waals surface area contributed by atoms with Gasteiger partial charge in [0.1, 0.15) is 11.8 Å². The Morgan fingerprint density at radius 2 is 2.13 bits per heavy atom. The SMILES string of the molecule is N#CCc1c(C#N)[nH]c(C(F)F)cc1=O. The second-order valence-corrected chi connectivity index (χ2v) is 2.69. The van der Waals surface area contributed by atoms with Crippen molar-refractivity contribution in [2.24, 2.45) is 0 Å². The highest BCUT2D eigenvalue weighted by atomic mass is 19.3. The van der Waals surface area contributed by atoms with Crippen molar-refractivity contribution in [3.63, 3.8) is 0 Å². The lowest BCUT2D eigenvalue weighted by molar-refractivity contribution is 0.146. The Morgan fingerprint density at radius 1 is 1.47 bits per heavy atom. The van der Waals surface area contributed by atoms with Crippen molar-refractivity contribution < 1.29 is 8.78 Å². The van der Waals surface area contributed by atoms with Crippen molar-refractivity contribution in [3.05, 3.63) is 33.2 Å². The number of alkyl halides is 2. The average Bonchev–Trinajstić information content (AvgIpc) is 2.20. The molecule has 0 spiro atoms. The minimum absolute atomic E-state index is 0.0793. The van der Waals surface area contributed by atoms with Crippen molar-refractivity contribution in [3.8, 4) is 12.1 Å². The summed E-state index contributed by atoms with van der Waals surface area (Å²) in [6.45, 7) is 0. The maximum atomic E-state index is 12.2. The van der Waals surface area contributed by atoms with Crippen LogP contribution in [0.15, 0.2) is 10.9 Å². The van der Waals surface area contributed by atoms with Crippen molar-refractivity contribution in [2.75, 3.05) is 0 Å². The first kappa shape index (κ1) is 10.9. The van der Waals surface area contributed by atoms with Gasteiger partial charge in [0.15, 0.2) is 5.43 Å². The smallest absolute Gasteiger partial charge is 0.278 e. The molecule has 15 heavy (non-hydrogen) atoms. The topological polar surface area (TPSA) is 80.4 Å². The number of hydrogen-bond acceptors (Lipinski definition) is 3. The van der Waals surface area contributed by atoms with Gasteiger partial charge in [-0.15, -0.1) is 0 Å². The minimum atomic E-state index is -2.85. The van der Waals surface area contributed by atoms with Crippen molar-refractivity contribution >= 4 is 0 Å². The summed E-state index contributed by atoms with van der Waals surface area (Å²) >= 11 is 0.